The minimum Gasteiger partial charge on any atom is -0.478 e. The molecule has 0 saturated heterocycles. The van der Waals surface area contributed by atoms with Crippen LogP contribution in [0.4, 0.5) is 0 Å². The normalized spacial score (nSPS) is 12.0. The Morgan fingerprint density at radius 2 is 2.12 bits per heavy atom. The maximum Gasteiger partial charge on any atom is 0.347 e. The van der Waals surface area contributed by atoms with E-state index in [2.05, 4.69) is 36.6 Å². The molecule has 0 aliphatic carbocycles. The number of carbonyl (C=O) groups excluding carboxylic acids is 1. The summed E-state index contributed by atoms with van der Waals surface area (Å²) in [4.78, 5) is 11.4. The SMILES string of the molecule is CCC(Oc1ccc(Br)cc1Br)C(=O)OC. The lowest BCUT2D eigenvalue weighted by Gasteiger charge is -2.16. The molecule has 1 atom stereocenters. The van der Waals surface area contributed by atoms with E-state index in [0.29, 0.717) is 12.2 Å². The minimum absolute atomic E-state index is 0.364. The van der Waals surface area contributed by atoms with Gasteiger partial charge in [-0.25, -0.2) is 4.79 Å². The van der Waals surface area contributed by atoms with Gasteiger partial charge in [-0.3, -0.25) is 0 Å². The average Bonchev–Trinajstić information content (AvgIpc) is 2.27. The standard InChI is InChI=1S/C11H12Br2O3/c1-3-9(11(14)15-2)16-10-5-4-7(12)6-8(10)13/h4-6,9H,3H2,1-2H3. The summed E-state index contributed by atoms with van der Waals surface area (Å²) in [5.74, 6) is 0.262. The number of esters is 1. The van der Waals surface area contributed by atoms with Crippen LogP contribution < -0.4 is 4.74 Å². The third-order valence-electron chi connectivity index (χ3n) is 2.00. The lowest BCUT2D eigenvalue weighted by molar-refractivity contribution is -0.148. The fourth-order valence-corrected chi connectivity index (χ4v) is 2.29. The minimum atomic E-state index is -0.567. The van der Waals surface area contributed by atoms with Gasteiger partial charge in [0.05, 0.1) is 11.6 Å². The first-order valence-corrected chi connectivity index (χ1v) is 6.36. The van der Waals surface area contributed by atoms with Crippen molar-refractivity contribution in [1.29, 1.82) is 0 Å². The zero-order chi connectivity index (χ0) is 12.1. The molecule has 0 aliphatic heterocycles. The highest BCUT2D eigenvalue weighted by Gasteiger charge is 2.19. The van der Waals surface area contributed by atoms with Crippen LogP contribution in [0.2, 0.25) is 0 Å². The van der Waals surface area contributed by atoms with E-state index >= 15 is 0 Å². The molecular formula is C11H12Br2O3. The maximum absolute atomic E-state index is 11.4. The summed E-state index contributed by atoms with van der Waals surface area (Å²) in [5, 5.41) is 0. The lowest BCUT2D eigenvalue weighted by Crippen LogP contribution is -2.27. The van der Waals surface area contributed by atoms with Gasteiger partial charge < -0.3 is 9.47 Å². The van der Waals surface area contributed by atoms with Crippen molar-refractivity contribution < 1.29 is 14.3 Å². The second kappa shape index (κ2) is 6.25. The Labute approximate surface area is 111 Å². The molecule has 0 spiro atoms. The highest BCUT2D eigenvalue weighted by Crippen LogP contribution is 2.29. The third-order valence-corrected chi connectivity index (χ3v) is 3.11. The van der Waals surface area contributed by atoms with Crippen LogP contribution in [-0.4, -0.2) is 19.2 Å². The van der Waals surface area contributed by atoms with Gasteiger partial charge in [-0.1, -0.05) is 22.9 Å². The summed E-state index contributed by atoms with van der Waals surface area (Å²) < 4.78 is 11.9. The monoisotopic (exact) mass is 350 g/mol. The fraction of sp³-hybridized carbons (Fsp3) is 0.364. The Kier molecular flexibility index (Phi) is 5.28. The number of halogens is 2. The summed E-state index contributed by atoms with van der Waals surface area (Å²) in [6, 6.07) is 5.50. The molecule has 0 fully saturated rings. The molecule has 88 valence electrons. The number of hydrogen-bond acceptors (Lipinski definition) is 3. The summed E-state index contributed by atoms with van der Waals surface area (Å²) in [5.41, 5.74) is 0. The molecule has 5 heteroatoms. The third kappa shape index (κ3) is 3.49. The molecule has 0 radical (unpaired) electrons. The van der Waals surface area contributed by atoms with E-state index in [1.807, 2.05) is 19.1 Å². The summed E-state index contributed by atoms with van der Waals surface area (Å²) >= 11 is 6.71. The van der Waals surface area contributed by atoms with Crippen LogP contribution in [0, 0.1) is 0 Å². The van der Waals surface area contributed by atoms with Gasteiger partial charge in [-0.05, 0) is 40.5 Å². The van der Waals surface area contributed by atoms with Crippen molar-refractivity contribution in [2.45, 2.75) is 19.4 Å². The molecule has 1 unspecified atom stereocenters. The molecule has 0 aliphatic rings. The molecule has 0 bridgehead atoms. The molecule has 1 rings (SSSR count). The number of hydrogen-bond donors (Lipinski definition) is 0. The lowest BCUT2D eigenvalue weighted by atomic mass is 10.2. The summed E-state index contributed by atoms with van der Waals surface area (Å²) in [7, 11) is 1.35. The van der Waals surface area contributed by atoms with Crippen LogP contribution in [-0.2, 0) is 9.53 Å². The van der Waals surface area contributed by atoms with Crippen molar-refractivity contribution in [1.82, 2.24) is 0 Å². The van der Waals surface area contributed by atoms with Gasteiger partial charge in [0, 0.05) is 4.47 Å². The molecule has 3 nitrogen and oxygen atoms in total. The van der Waals surface area contributed by atoms with Crippen molar-refractivity contribution in [2.75, 3.05) is 7.11 Å². The van der Waals surface area contributed by atoms with Gasteiger partial charge in [0.25, 0.3) is 0 Å². The fourth-order valence-electron chi connectivity index (χ4n) is 1.15. The Hall–Kier alpha value is -0.550. The van der Waals surface area contributed by atoms with E-state index in [4.69, 9.17) is 4.74 Å². The first-order chi connectivity index (χ1) is 7.58. The molecule has 0 N–H and O–H groups in total. The van der Waals surface area contributed by atoms with Gasteiger partial charge in [-0.2, -0.15) is 0 Å². The Morgan fingerprint density at radius 3 is 2.62 bits per heavy atom. The molecular weight excluding hydrogens is 340 g/mol. The van der Waals surface area contributed by atoms with Crippen LogP contribution in [0.15, 0.2) is 27.1 Å². The first kappa shape index (κ1) is 13.5. The van der Waals surface area contributed by atoms with Gasteiger partial charge in [-0.15, -0.1) is 0 Å². The highest BCUT2D eigenvalue weighted by atomic mass is 79.9. The predicted octanol–water partition coefficient (Wildman–Crippen LogP) is 3.54. The van der Waals surface area contributed by atoms with Crippen molar-refractivity contribution in [3.8, 4) is 5.75 Å². The number of rotatable bonds is 4. The second-order valence-corrected chi connectivity index (χ2v) is 4.88. The highest BCUT2D eigenvalue weighted by molar-refractivity contribution is 9.11. The van der Waals surface area contributed by atoms with E-state index in [0.717, 1.165) is 8.95 Å². The van der Waals surface area contributed by atoms with Crippen LogP contribution in [0.25, 0.3) is 0 Å². The van der Waals surface area contributed by atoms with Crippen molar-refractivity contribution in [2.24, 2.45) is 0 Å². The van der Waals surface area contributed by atoms with E-state index in [1.165, 1.54) is 7.11 Å². The smallest absolute Gasteiger partial charge is 0.347 e. The van der Waals surface area contributed by atoms with Gasteiger partial charge in [0.2, 0.25) is 0 Å². The van der Waals surface area contributed by atoms with E-state index in [9.17, 15) is 4.79 Å². The van der Waals surface area contributed by atoms with Crippen LogP contribution in [0.1, 0.15) is 13.3 Å². The molecule has 0 saturated carbocycles. The molecule has 0 heterocycles. The summed E-state index contributed by atoms with van der Waals surface area (Å²) in [6.07, 6.45) is -0.00249. The average molecular weight is 352 g/mol. The molecule has 1 aromatic carbocycles. The molecule has 1 aromatic rings. The Morgan fingerprint density at radius 1 is 1.44 bits per heavy atom. The summed E-state index contributed by atoms with van der Waals surface area (Å²) in [6.45, 7) is 1.87. The zero-order valence-corrected chi connectivity index (χ0v) is 12.2. The number of methoxy groups -OCH3 is 1. The quantitative estimate of drug-likeness (QED) is 0.778. The Balaban J connectivity index is 2.82. The molecule has 0 amide bonds. The van der Waals surface area contributed by atoms with Crippen molar-refractivity contribution >= 4 is 37.8 Å². The van der Waals surface area contributed by atoms with Crippen LogP contribution in [0.3, 0.4) is 0 Å². The van der Waals surface area contributed by atoms with Gasteiger partial charge in [0.15, 0.2) is 6.10 Å². The van der Waals surface area contributed by atoms with Crippen molar-refractivity contribution in [3.63, 3.8) is 0 Å². The number of carbonyl (C=O) groups is 1. The topological polar surface area (TPSA) is 35.5 Å². The van der Waals surface area contributed by atoms with Crippen LogP contribution in [0.5, 0.6) is 5.75 Å². The maximum atomic E-state index is 11.4. The van der Waals surface area contributed by atoms with E-state index in [1.54, 1.807) is 6.07 Å². The first-order valence-electron chi connectivity index (χ1n) is 4.78. The molecule has 16 heavy (non-hydrogen) atoms. The molecule has 0 aromatic heterocycles. The predicted molar refractivity (Wildman–Crippen MR) is 68.6 cm³/mol. The Bertz CT molecular complexity index is 379. The zero-order valence-electron chi connectivity index (χ0n) is 9.00. The largest absolute Gasteiger partial charge is 0.478 e. The van der Waals surface area contributed by atoms with Crippen LogP contribution >= 0.6 is 31.9 Å². The van der Waals surface area contributed by atoms with Gasteiger partial charge >= 0.3 is 5.97 Å². The number of ether oxygens (including phenoxy) is 2. The van der Waals surface area contributed by atoms with Gasteiger partial charge in [0.1, 0.15) is 5.75 Å². The van der Waals surface area contributed by atoms with E-state index < -0.39 is 6.10 Å². The number of benzene rings is 1. The van der Waals surface area contributed by atoms with Crippen molar-refractivity contribution in [3.05, 3.63) is 27.1 Å². The second-order valence-electron chi connectivity index (χ2n) is 3.11. The van der Waals surface area contributed by atoms with E-state index in [-0.39, 0.29) is 5.97 Å².